The molecule has 0 amide bonds. The molecule has 0 fully saturated rings. The number of hydrogen-bond acceptors (Lipinski definition) is 3. The summed E-state index contributed by atoms with van der Waals surface area (Å²) in [7, 11) is 1.96. The van der Waals surface area contributed by atoms with Gasteiger partial charge in [0.25, 0.3) is 0 Å². The highest BCUT2D eigenvalue weighted by atomic mass is 79.9. The van der Waals surface area contributed by atoms with Gasteiger partial charge in [0.15, 0.2) is 11.8 Å². The van der Waals surface area contributed by atoms with E-state index in [1.165, 1.54) is 11.1 Å². The lowest BCUT2D eigenvalue weighted by molar-refractivity contribution is 0.714. The molecule has 1 heterocycles. The Morgan fingerprint density at radius 3 is 2.46 bits per heavy atom. The fourth-order valence-electron chi connectivity index (χ4n) is 2.73. The first-order valence-electron chi connectivity index (χ1n) is 9.19. The van der Waals surface area contributed by atoms with Gasteiger partial charge >= 0.3 is 0 Å². The van der Waals surface area contributed by atoms with Crippen LogP contribution in [0.2, 0.25) is 0 Å². The Hall–Kier alpha value is -2.67. The van der Waals surface area contributed by atoms with Crippen molar-refractivity contribution in [1.29, 1.82) is 0 Å². The van der Waals surface area contributed by atoms with Gasteiger partial charge in [-0.25, -0.2) is 4.99 Å². The summed E-state index contributed by atoms with van der Waals surface area (Å²) in [5.74, 6) is 2.50. The summed E-state index contributed by atoms with van der Waals surface area (Å²) in [5.41, 5.74) is 3.62. The summed E-state index contributed by atoms with van der Waals surface area (Å²) in [4.78, 5) is 4.74. The highest BCUT2D eigenvalue weighted by Crippen LogP contribution is 2.15. The van der Waals surface area contributed by atoms with Crippen LogP contribution in [0, 0.1) is 13.8 Å². The van der Waals surface area contributed by atoms with Crippen LogP contribution in [0.4, 0.5) is 0 Å². The van der Waals surface area contributed by atoms with Gasteiger partial charge < -0.3 is 15.2 Å². The average molecular weight is 441 g/mol. The van der Waals surface area contributed by atoms with Gasteiger partial charge in [-0.15, -0.1) is 10.2 Å². The lowest BCUT2D eigenvalue weighted by Gasteiger charge is -2.14. The predicted octanol–water partition coefficient (Wildman–Crippen LogP) is 3.63. The van der Waals surface area contributed by atoms with Crippen LogP contribution in [0.1, 0.15) is 28.3 Å². The van der Waals surface area contributed by atoms with E-state index in [4.69, 9.17) is 4.99 Å². The molecule has 0 aliphatic heterocycles. The molecule has 146 valence electrons. The topological polar surface area (TPSA) is 67.1 Å². The fourth-order valence-corrected chi connectivity index (χ4v) is 3.21. The Morgan fingerprint density at radius 1 is 1.04 bits per heavy atom. The molecule has 0 spiro atoms. The second-order valence-corrected chi connectivity index (χ2v) is 7.57. The van der Waals surface area contributed by atoms with Crippen LogP contribution in [0.3, 0.4) is 0 Å². The molecule has 3 rings (SSSR count). The maximum absolute atomic E-state index is 4.74. The maximum Gasteiger partial charge on any atom is 0.192 e. The van der Waals surface area contributed by atoms with Crippen LogP contribution in [0.15, 0.2) is 58.0 Å². The first-order valence-corrected chi connectivity index (χ1v) is 9.98. The SMILES string of the molecule is Cc1cc(Br)ccc1CNC(=NCc1ccccc1)NCc1nnc(C)n1C. The lowest BCUT2D eigenvalue weighted by atomic mass is 10.1. The molecule has 7 heteroatoms. The number of nitrogens with zero attached hydrogens (tertiary/aromatic N) is 4. The van der Waals surface area contributed by atoms with Crippen LogP contribution >= 0.6 is 15.9 Å². The van der Waals surface area contributed by atoms with Crippen LogP contribution in [0.25, 0.3) is 0 Å². The van der Waals surface area contributed by atoms with E-state index < -0.39 is 0 Å². The van der Waals surface area contributed by atoms with Crippen molar-refractivity contribution >= 4 is 21.9 Å². The molecule has 6 nitrogen and oxygen atoms in total. The molecule has 2 N–H and O–H groups in total. The number of rotatable bonds is 6. The van der Waals surface area contributed by atoms with E-state index in [-0.39, 0.29) is 0 Å². The first-order chi connectivity index (χ1) is 13.5. The Labute approximate surface area is 174 Å². The third-order valence-electron chi connectivity index (χ3n) is 4.61. The predicted molar refractivity (Wildman–Crippen MR) is 116 cm³/mol. The summed E-state index contributed by atoms with van der Waals surface area (Å²) in [6, 6.07) is 16.5. The van der Waals surface area contributed by atoms with Gasteiger partial charge in [-0.1, -0.05) is 52.3 Å². The molecule has 2 aromatic carbocycles. The second-order valence-electron chi connectivity index (χ2n) is 6.65. The number of halogens is 1. The Balaban J connectivity index is 1.70. The molecule has 1 aromatic heterocycles. The Bertz CT molecular complexity index is 949. The molecule has 0 aliphatic carbocycles. The van der Waals surface area contributed by atoms with E-state index in [0.29, 0.717) is 19.6 Å². The molecule has 0 saturated heterocycles. The first kappa shape index (κ1) is 20.1. The molecular formula is C21H25BrN6. The van der Waals surface area contributed by atoms with Crippen LogP contribution < -0.4 is 10.6 Å². The highest BCUT2D eigenvalue weighted by molar-refractivity contribution is 9.10. The number of aromatic nitrogens is 3. The van der Waals surface area contributed by atoms with Crippen LogP contribution in [-0.4, -0.2) is 20.7 Å². The smallest absolute Gasteiger partial charge is 0.192 e. The monoisotopic (exact) mass is 440 g/mol. The van der Waals surface area contributed by atoms with E-state index in [0.717, 1.165) is 27.6 Å². The zero-order valence-electron chi connectivity index (χ0n) is 16.4. The van der Waals surface area contributed by atoms with Gasteiger partial charge in [0.05, 0.1) is 13.1 Å². The van der Waals surface area contributed by atoms with Crippen molar-refractivity contribution in [1.82, 2.24) is 25.4 Å². The van der Waals surface area contributed by atoms with Crippen molar-refractivity contribution in [3.63, 3.8) is 0 Å². The van der Waals surface area contributed by atoms with Crippen molar-refractivity contribution < 1.29 is 0 Å². The van der Waals surface area contributed by atoms with Gasteiger partial charge in [0, 0.05) is 18.1 Å². The van der Waals surface area contributed by atoms with Crippen molar-refractivity contribution in [2.75, 3.05) is 0 Å². The minimum atomic E-state index is 0.553. The number of benzene rings is 2. The van der Waals surface area contributed by atoms with E-state index in [1.54, 1.807) is 0 Å². The Morgan fingerprint density at radius 2 is 1.79 bits per heavy atom. The summed E-state index contributed by atoms with van der Waals surface area (Å²) in [6.07, 6.45) is 0. The van der Waals surface area contributed by atoms with Crippen LogP contribution in [-0.2, 0) is 26.7 Å². The number of guanidine groups is 1. The van der Waals surface area contributed by atoms with E-state index >= 15 is 0 Å². The third kappa shape index (κ3) is 5.42. The summed E-state index contributed by atoms with van der Waals surface area (Å²) >= 11 is 3.51. The quantitative estimate of drug-likeness (QED) is 0.453. The van der Waals surface area contributed by atoms with E-state index in [1.807, 2.05) is 36.7 Å². The highest BCUT2D eigenvalue weighted by Gasteiger charge is 2.07. The molecule has 3 aromatic rings. The Kier molecular flexibility index (Phi) is 6.81. The van der Waals surface area contributed by atoms with Gasteiger partial charge in [-0.2, -0.15) is 0 Å². The largest absolute Gasteiger partial charge is 0.352 e. The molecule has 0 aliphatic rings. The van der Waals surface area contributed by atoms with E-state index in [2.05, 4.69) is 74.0 Å². The lowest BCUT2D eigenvalue weighted by Crippen LogP contribution is -2.37. The minimum Gasteiger partial charge on any atom is -0.352 e. The molecule has 0 unspecified atom stereocenters. The zero-order valence-corrected chi connectivity index (χ0v) is 18.0. The fraction of sp³-hybridized carbons (Fsp3) is 0.286. The molecule has 0 saturated carbocycles. The molecule has 0 atom stereocenters. The van der Waals surface area contributed by atoms with Gasteiger partial charge in [-0.3, -0.25) is 0 Å². The van der Waals surface area contributed by atoms with Crippen molar-refractivity contribution in [3.05, 3.63) is 81.3 Å². The number of hydrogen-bond donors (Lipinski definition) is 2. The number of aryl methyl sites for hydroxylation is 2. The van der Waals surface area contributed by atoms with Crippen molar-refractivity contribution in [2.45, 2.75) is 33.5 Å². The average Bonchev–Trinajstić information content (AvgIpc) is 3.01. The van der Waals surface area contributed by atoms with Gasteiger partial charge in [0.1, 0.15) is 5.82 Å². The normalized spacial score (nSPS) is 11.5. The third-order valence-corrected chi connectivity index (χ3v) is 5.10. The summed E-state index contributed by atoms with van der Waals surface area (Å²) < 4.78 is 3.06. The second kappa shape index (κ2) is 9.50. The zero-order chi connectivity index (χ0) is 19.9. The van der Waals surface area contributed by atoms with Crippen LogP contribution in [0.5, 0.6) is 0 Å². The van der Waals surface area contributed by atoms with Crippen molar-refractivity contribution in [2.24, 2.45) is 12.0 Å². The standard InChI is InChI=1S/C21H25BrN6/c1-15-11-19(22)10-9-18(15)13-24-21(23-12-17-7-5-4-6-8-17)25-14-20-27-26-16(2)28(20)3/h4-11H,12-14H2,1-3H3,(H2,23,24,25). The molecule has 0 radical (unpaired) electrons. The van der Waals surface area contributed by atoms with Gasteiger partial charge in [-0.05, 0) is 42.7 Å². The maximum atomic E-state index is 4.74. The molecule has 28 heavy (non-hydrogen) atoms. The summed E-state index contributed by atoms with van der Waals surface area (Å²) in [6.45, 7) is 5.90. The van der Waals surface area contributed by atoms with E-state index in [9.17, 15) is 0 Å². The molecular weight excluding hydrogens is 416 g/mol. The van der Waals surface area contributed by atoms with Crippen molar-refractivity contribution in [3.8, 4) is 0 Å². The number of aliphatic imine (C=N–C) groups is 1. The molecule has 0 bridgehead atoms. The minimum absolute atomic E-state index is 0.553. The number of nitrogens with one attached hydrogen (secondary N) is 2. The summed E-state index contributed by atoms with van der Waals surface area (Å²) in [5, 5.41) is 15.1. The van der Waals surface area contributed by atoms with Gasteiger partial charge in [0.2, 0.25) is 0 Å².